The van der Waals surface area contributed by atoms with Crippen LogP contribution in [-0.4, -0.2) is 43.3 Å². The second kappa shape index (κ2) is 12.3. The van der Waals surface area contributed by atoms with E-state index in [1.54, 1.807) is 73.7 Å². The van der Waals surface area contributed by atoms with Gasteiger partial charge in [0.05, 0.1) is 10.6 Å². The van der Waals surface area contributed by atoms with Gasteiger partial charge in [0, 0.05) is 21.6 Å². The van der Waals surface area contributed by atoms with Gasteiger partial charge < -0.3 is 10.2 Å². The van der Waals surface area contributed by atoms with Crippen molar-refractivity contribution in [2.45, 2.75) is 50.7 Å². The molecule has 3 aromatic rings. The minimum Gasteiger partial charge on any atom is -0.350 e. The quantitative estimate of drug-likeness (QED) is 0.336. The van der Waals surface area contributed by atoms with Crippen LogP contribution in [0.4, 0.5) is 5.69 Å². The number of carbonyl (C=O) groups is 2. The van der Waals surface area contributed by atoms with Crippen molar-refractivity contribution in [3.05, 3.63) is 93.9 Å². The molecule has 0 saturated heterocycles. The van der Waals surface area contributed by atoms with Gasteiger partial charge in [-0.2, -0.15) is 0 Å². The first-order valence-electron chi connectivity index (χ1n) is 12.0. The van der Waals surface area contributed by atoms with Gasteiger partial charge in [-0.05, 0) is 81.8 Å². The third-order valence-electron chi connectivity index (χ3n) is 5.66. The molecule has 1 atom stereocenters. The van der Waals surface area contributed by atoms with Crippen molar-refractivity contribution < 1.29 is 18.0 Å². The second-order valence-corrected chi connectivity index (χ2v) is 13.1. The highest BCUT2D eigenvalue weighted by molar-refractivity contribution is 9.10. The van der Waals surface area contributed by atoms with Crippen molar-refractivity contribution >= 4 is 55.1 Å². The Morgan fingerprint density at radius 2 is 1.53 bits per heavy atom. The Kier molecular flexibility index (Phi) is 9.62. The average Bonchev–Trinajstić information content (AvgIpc) is 2.86. The van der Waals surface area contributed by atoms with E-state index in [9.17, 15) is 18.0 Å². The van der Waals surface area contributed by atoms with Crippen LogP contribution in [0.5, 0.6) is 0 Å². The molecule has 0 saturated carbocycles. The largest absolute Gasteiger partial charge is 0.350 e. The third kappa shape index (κ3) is 7.82. The molecule has 0 aliphatic carbocycles. The maximum absolute atomic E-state index is 13.9. The molecule has 0 aromatic heterocycles. The lowest BCUT2D eigenvalue weighted by atomic mass is 10.1. The molecular weight excluding hydrogens is 590 g/mol. The third-order valence-corrected chi connectivity index (χ3v) is 8.23. The number of hydrogen-bond acceptors (Lipinski definition) is 4. The molecule has 0 aliphatic heterocycles. The van der Waals surface area contributed by atoms with Gasteiger partial charge in [-0.1, -0.05) is 57.9 Å². The van der Waals surface area contributed by atoms with Gasteiger partial charge in [-0.15, -0.1) is 0 Å². The summed E-state index contributed by atoms with van der Waals surface area (Å²) in [5.41, 5.74) is 0.559. The van der Waals surface area contributed by atoms with Crippen LogP contribution in [0.3, 0.4) is 0 Å². The molecule has 0 bridgehead atoms. The van der Waals surface area contributed by atoms with E-state index in [0.717, 1.165) is 14.3 Å². The highest BCUT2D eigenvalue weighted by Gasteiger charge is 2.33. The number of benzene rings is 3. The van der Waals surface area contributed by atoms with E-state index < -0.39 is 34.1 Å². The highest BCUT2D eigenvalue weighted by atomic mass is 79.9. The maximum atomic E-state index is 13.9. The van der Waals surface area contributed by atoms with E-state index >= 15 is 0 Å². The van der Waals surface area contributed by atoms with Crippen LogP contribution in [-0.2, 0) is 26.2 Å². The fourth-order valence-corrected chi connectivity index (χ4v) is 5.52. The lowest BCUT2D eigenvalue weighted by Gasteiger charge is -2.33. The van der Waals surface area contributed by atoms with E-state index in [-0.39, 0.29) is 17.3 Å². The van der Waals surface area contributed by atoms with Crippen molar-refractivity contribution in [3.63, 3.8) is 0 Å². The van der Waals surface area contributed by atoms with E-state index in [1.807, 2.05) is 20.8 Å². The average molecular weight is 621 g/mol. The summed E-state index contributed by atoms with van der Waals surface area (Å²) in [6, 6.07) is 20.7. The fraction of sp³-hybridized carbons (Fsp3) is 0.286. The van der Waals surface area contributed by atoms with Gasteiger partial charge in [0.25, 0.3) is 10.0 Å². The molecule has 0 aliphatic rings. The van der Waals surface area contributed by atoms with Crippen molar-refractivity contribution in [3.8, 4) is 0 Å². The van der Waals surface area contributed by atoms with Crippen LogP contribution in [0.1, 0.15) is 33.3 Å². The van der Waals surface area contributed by atoms with Gasteiger partial charge in [0.1, 0.15) is 12.6 Å². The standard InChI is InChI=1S/C28H31BrClN3O4S/c1-20(27(35)31-28(2,3)4)32(18-21-10-14-23(30)15-11-21)26(34)19-33(24-16-12-22(29)13-17-24)38(36,37)25-8-6-5-7-9-25/h5-17,20H,18-19H2,1-4H3,(H,31,35). The molecule has 7 nitrogen and oxygen atoms in total. The maximum Gasteiger partial charge on any atom is 0.264 e. The molecule has 38 heavy (non-hydrogen) atoms. The molecule has 0 radical (unpaired) electrons. The number of nitrogens with zero attached hydrogens (tertiary/aromatic N) is 2. The zero-order valence-electron chi connectivity index (χ0n) is 21.7. The lowest BCUT2D eigenvalue weighted by Crippen LogP contribution is -2.54. The Balaban J connectivity index is 2.01. The molecule has 0 fully saturated rings. The minimum atomic E-state index is -4.10. The first-order chi connectivity index (χ1) is 17.8. The van der Waals surface area contributed by atoms with Crippen LogP contribution in [0.2, 0.25) is 5.02 Å². The number of anilines is 1. The van der Waals surface area contributed by atoms with Crippen molar-refractivity contribution in [1.29, 1.82) is 0 Å². The molecule has 2 amide bonds. The number of hydrogen-bond donors (Lipinski definition) is 1. The van der Waals surface area contributed by atoms with Crippen LogP contribution in [0.25, 0.3) is 0 Å². The highest BCUT2D eigenvalue weighted by Crippen LogP contribution is 2.26. The molecule has 202 valence electrons. The van der Waals surface area contributed by atoms with Crippen LogP contribution in [0, 0.1) is 0 Å². The Bertz CT molecular complexity index is 1360. The van der Waals surface area contributed by atoms with Crippen molar-refractivity contribution in [1.82, 2.24) is 10.2 Å². The van der Waals surface area contributed by atoms with Gasteiger partial charge >= 0.3 is 0 Å². The molecule has 10 heteroatoms. The SMILES string of the molecule is CC(C(=O)NC(C)(C)C)N(Cc1ccc(Cl)cc1)C(=O)CN(c1ccc(Br)cc1)S(=O)(=O)c1ccccc1. The normalized spacial score (nSPS) is 12.5. The van der Waals surface area contributed by atoms with Crippen LogP contribution >= 0.6 is 27.5 Å². The number of nitrogens with one attached hydrogen (secondary N) is 1. The molecule has 0 heterocycles. The topological polar surface area (TPSA) is 86.8 Å². The summed E-state index contributed by atoms with van der Waals surface area (Å²) in [5, 5.41) is 3.45. The van der Waals surface area contributed by atoms with Crippen molar-refractivity contribution in [2.75, 3.05) is 10.8 Å². The van der Waals surface area contributed by atoms with E-state index in [4.69, 9.17) is 11.6 Å². The predicted molar refractivity (Wildman–Crippen MR) is 154 cm³/mol. The summed E-state index contributed by atoms with van der Waals surface area (Å²) in [6.07, 6.45) is 0. The first-order valence-corrected chi connectivity index (χ1v) is 14.6. The Morgan fingerprint density at radius 3 is 2.08 bits per heavy atom. The Morgan fingerprint density at radius 1 is 0.947 bits per heavy atom. The number of amides is 2. The number of carbonyl (C=O) groups excluding carboxylic acids is 2. The van der Waals surface area contributed by atoms with Gasteiger partial charge in [-0.3, -0.25) is 13.9 Å². The summed E-state index contributed by atoms with van der Waals surface area (Å²) in [7, 11) is -4.10. The van der Waals surface area contributed by atoms with Gasteiger partial charge in [0.2, 0.25) is 11.8 Å². The molecule has 0 spiro atoms. The van der Waals surface area contributed by atoms with E-state index in [0.29, 0.717) is 10.7 Å². The molecule has 1 N–H and O–H groups in total. The zero-order chi connectivity index (χ0) is 28.1. The molecule has 3 rings (SSSR count). The van der Waals surface area contributed by atoms with Crippen molar-refractivity contribution in [2.24, 2.45) is 0 Å². The molecule has 3 aromatic carbocycles. The van der Waals surface area contributed by atoms with Gasteiger partial charge in [0.15, 0.2) is 0 Å². The zero-order valence-corrected chi connectivity index (χ0v) is 24.8. The number of halogens is 2. The summed E-state index contributed by atoms with van der Waals surface area (Å²) in [6.45, 7) is 6.78. The lowest BCUT2D eigenvalue weighted by molar-refractivity contribution is -0.140. The van der Waals surface area contributed by atoms with Crippen LogP contribution < -0.4 is 9.62 Å². The number of sulfonamides is 1. The fourth-order valence-electron chi connectivity index (χ4n) is 3.70. The summed E-state index contributed by atoms with van der Waals surface area (Å²) >= 11 is 9.40. The Hall–Kier alpha value is -2.88. The summed E-state index contributed by atoms with van der Waals surface area (Å²) < 4.78 is 29.3. The second-order valence-electron chi connectivity index (χ2n) is 9.86. The monoisotopic (exact) mass is 619 g/mol. The summed E-state index contributed by atoms with van der Waals surface area (Å²) in [5.74, 6) is -0.875. The Labute approximate surface area is 238 Å². The predicted octanol–water partition coefficient (Wildman–Crippen LogP) is 5.63. The number of rotatable bonds is 9. The first kappa shape index (κ1) is 29.7. The molecule has 1 unspecified atom stereocenters. The minimum absolute atomic E-state index is 0.0542. The van der Waals surface area contributed by atoms with Crippen LogP contribution in [0.15, 0.2) is 88.2 Å². The smallest absolute Gasteiger partial charge is 0.264 e. The van der Waals surface area contributed by atoms with E-state index in [2.05, 4.69) is 21.2 Å². The van der Waals surface area contributed by atoms with E-state index in [1.165, 1.54) is 17.0 Å². The summed E-state index contributed by atoms with van der Waals surface area (Å²) in [4.78, 5) is 28.4. The van der Waals surface area contributed by atoms with Gasteiger partial charge in [-0.25, -0.2) is 8.42 Å². The molecular formula is C28H31BrClN3O4S.